The van der Waals surface area contributed by atoms with Gasteiger partial charge in [0.15, 0.2) is 5.82 Å². The second kappa shape index (κ2) is 8.43. The quantitative estimate of drug-likeness (QED) is 0.721. The largest absolute Gasteiger partial charge is 0.378 e. The van der Waals surface area contributed by atoms with Crippen molar-refractivity contribution in [1.82, 2.24) is 14.5 Å². The van der Waals surface area contributed by atoms with E-state index in [0.717, 1.165) is 24.6 Å². The summed E-state index contributed by atoms with van der Waals surface area (Å²) in [5.41, 5.74) is 1.66. The van der Waals surface area contributed by atoms with Gasteiger partial charge < -0.3 is 14.5 Å². The van der Waals surface area contributed by atoms with Crippen molar-refractivity contribution in [1.29, 1.82) is 0 Å². The van der Waals surface area contributed by atoms with E-state index in [2.05, 4.69) is 20.0 Å². The van der Waals surface area contributed by atoms with E-state index in [1.165, 1.54) is 10.4 Å². The number of morpholine rings is 1. The average molecular weight is 438 g/mol. The minimum absolute atomic E-state index is 0.277. The van der Waals surface area contributed by atoms with E-state index in [9.17, 15) is 8.42 Å². The summed E-state index contributed by atoms with van der Waals surface area (Å²) in [6.07, 6.45) is 1.73. The number of rotatable bonds is 4. The molecular formula is C19H24ClN5O3S. The van der Waals surface area contributed by atoms with Crippen LogP contribution in [0.5, 0.6) is 0 Å². The molecule has 0 aliphatic carbocycles. The maximum absolute atomic E-state index is 13.1. The van der Waals surface area contributed by atoms with Crippen molar-refractivity contribution in [3.05, 3.63) is 41.0 Å². The Kier molecular flexibility index (Phi) is 5.91. The Morgan fingerprint density at radius 1 is 1.00 bits per heavy atom. The molecule has 0 spiro atoms. The number of hydrogen-bond donors (Lipinski definition) is 0. The van der Waals surface area contributed by atoms with Crippen LogP contribution in [0.3, 0.4) is 0 Å². The van der Waals surface area contributed by atoms with Crippen LogP contribution in [0.2, 0.25) is 5.02 Å². The molecule has 1 aromatic heterocycles. The van der Waals surface area contributed by atoms with Gasteiger partial charge in [0.1, 0.15) is 0 Å². The van der Waals surface area contributed by atoms with Gasteiger partial charge in [-0.3, -0.25) is 0 Å². The standard InChI is InChI=1S/C19H24ClN5O3S/c1-15-2-3-16(20)12-18(15)29(26,27)25-6-4-23(5-7-25)17-13-19(22-21-14-17)24-8-10-28-11-9-24/h2-3,12-14H,4-11H2,1H3. The van der Waals surface area contributed by atoms with Crippen LogP contribution in [0.25, 0.3) is 0 Å². The molecule has 4 rings (SSSR count). The lowest BCUT2D eigenvalue weighted by Crippen LogP contribution is -2.49. The van der Waals surface area contributed by atoms with Gasteiger partial charge in [0.25, 0.3) is 0 Å². The minimum Gasteiger partial charge on any atom is -0.378 e. The average Bonchev–Trinajstić information content (AvgIpc) is 2.76. The minimum atomic E-state index is -3.57. The van der Waals surface area contributed by atoms with E-state index >= 15 is 0 Å². The third kappa shape index (κ3) is 4.32. The van der Waals surface area contributed by atoms with Crippen LogP contribution in [0.1, 0.15) is 5.56 Å². The van der Waals surface area contributed by atoms with Crippen LogP contribution in [0.4, 0.5) is 11.5 Å². The lowest BCUT2D eigenvalue weighted by atomic mass is 10.2. The fraction of sp³-hybridized carbons (Fsp3) is 0.474. The SMILES string of the molecule is Cc1ccc(Cl)cc1S(=O)(=O)N1CCN(c2cnnc(N3CCOCC3)c2)CC1. The Balaban J connectivity index is 1.46. The first-order valence-electron chi connectivity index (χ1n) is 9.62. The number of benzene rings is 1. The second-order valence-corrected chi connectivity index (χ2v) is 9.52. The molecule has 2 fully saturated rings. The highest BCUT2D eigenvalue weighted by atomic mass is 35.5. The van der Waals surface area contributed by atoms with E-state index in [0.29, 0.717) is 50.0 Å². The highest BCUT2D eigenvalue weighted by Crippen LogP contribution is 2.26. The van der Waals surface area contributed by atoms with Crippen molar-refractivity contribution in [3.63, 3.8) is 0 Å². The number of sulfonamides is 1. The van der Waals surface area contributed by atoms with E-state index in [1.807, 2.05) is 6.07 Å². The third-order valence-electron chi connectivity index (χ3n) is 5.33. The Labute approximate surface area is 176 Å². The predicted molar refractivity (Wildman–Crippen MR) is 112 cm³/mol. The summed E-state index contributed by atoms with van der Waals surface area (Å²) in [5, 5.41) is 8.82. The normalized spacial score (nSPS) is 18.8. The molecule has 2 saturated heterocycles. The van der Waals surface area contributed by atoms with Crippen LogP contribution in [-0.2, 0) is 14.8 Å². The summed E-state index contributed by atoms with van der Waals surface area (Å²) < 4.78 is 33.1. The zero-order valence-electron chi connectivity index (χ0n) is 16.3. The summed E-state index contributed by atoms with van der Waals surface area (Å²) >= 11 is 6.03. The summed E-state index contributed by atoms with van der Waals surface area (Å²) in [6, 6.07) is 6.99. The number of aromatic nitrogens is 2. The molecule has 2 aliphatic heterocycles. The number of hydrogen-bond acceptors (Lipinski definition) is 7. The fourth-order valence-corrected chi connectivity index (χ4v) is 5.55. The molecule has 8 nitrogen and oxygen atoms in total. The zero-order chi connectivity index (χ0) is 20.4. The Morgan fingerprint density at radius 2 is 1.72 bits per heavy atom. The number of piperazine rings is 1. The lowest BCUT2D eigenvalue weighted by Gasteiger charge is -2.36. The van der Waals surface area contributed by atoms with Gasteiger partial charge in [-0.1, -0.05) is 17.7 Å². The highest BCUT2D eigenvalue weighted by molar-refractivity contribution is 7.89. The maximum Gasteiger partial charge on any atom is 0.243 e. The zero-order valence-corrected chi connectivity index (χ0v) is 17.9. The van der Waals surface area contributed by atoms with Gasteiger partial charge in [-0.15, -0.1) is 5.10 Å². The van der Waals surface area contributed by atoms with Gasteiger partial charge in [-0.25, -0.2) is 8.42 Å². The molecule has 0 unspecified atom stereocenters. The first-order valence-corrected chi connectivity index (χ1v) is 11.4. The van der Waals surface area contributed by atoms with E-state index in [4.69, 9.17) is 16.3 Å². The number of nitrogens with zero attached hydrogens (tertiary/aromatic N) is 5. The van der Waals surface area contributed by atoms with Gasteiger partial charge in [-0.05, 0) is 24.6 Å². The molecule has 1 aromatic carbocycles. The first kappa shape index (κ1) is 20.3. The van der Waals surface area contributed by atoms with Crippen molar-refractivity contribution in [2.45, 2.75) is 11.8 Å². The van der Waals surface area contributed by atoms with Crippen LogP contribution >= 0.6 is 11.6 Å². The molecule has 0 bridgehead atoms. The lowest BCUT2D eigenvalue weighted by molar-refractivity contribution is 0.122. The number of anilines is 2. The highest BCUT2D eigenvalue weighted by Gasteiger charge is 2.30. The molecule has 29 heavy (non-hydrogen) atoms. The van der Waals surface area contributed by atoms with Gasteiger partial charge in [0, 0.05) is 50.4 Å². The summed E-state index contributed by atoms with van der Waals surface area (Å²) in [4.78, 5) is 4.58. The maximum atomic E-state index is 13.1. The fourth-order valence-electron chi connectivity index (χ4n) is 3.64. The molecule has 0 atom stereocenters. The molecule has 2 aromatic rings. The number of halogens is 1. The van der Waals surface area contributed by atoms with E-state index in [-0.39, 0.29) is 4.90 Å². The van der Waals surface area contributed by atoms with Crippen molar-refractivity contribution < 1.29 is 13.2 Å². The topological polar surface area (TPSA) is 78.9 Å². The van der Waals surface area contributed by atoms with Crippen molar-refractivity contribution in [2.24, 2.45) is 0 Å². The van der Waals surface area contributed by atoms with Gasteiger partial charge in [-0.2, -0.15) is 9.40 Å². The molecule has 156 valence electrons. The van der Waals surface area contributed by atoms with E-state index < -0.39 is 10.0 Å². The molecule has 0 N–H and O–H groups in total. The Morgan fingerprint density at radius 3 is 2.45 bits per heavy atom. The molecule has 10 heteroatoms. The summed E-state index contributed by atoms with van der Waals surface area (Å²) in [6.45, 7) is 6.74. The molecule has 3 heterocycles. The molecule has 0 saturated carbocycles. The Bertz CT molecular complexity index is 974. The van der Waals surface area contributed by atoms with Crippen LogP contribution in [-0.4, -0.2) is 75.4 Å². The second-order valence-electron chi connectivity index (χ2n) is 7.17. The van der Waals surface area contributed by atoms with Gasteiger partial charge >= 0.3 is 0 Å². The monoisotopic (exact) mass is 437 g/mol. The van der Waals surface area contributed by atoms with Crippen molar-refractivity contribution >= 4 is 33.1 Å². The summed E-state index contributed by atoms with van der Waals surface area (Å²) in [5.74, 6) is 0.829. The number of ether oxygens (including phenoxy) is 1. The van der Waals surface area contributed by atoms with Crippen LogP contribution < -0.4 is 9.80 Å². The Hall–Kier alpha value is -1.94. The summed E-state index contributed by atoms with van der Waals surface area (Å²) in [7, 11) is -3.57. The van der Waals surface area contributed by atoms with Crippen LogP contribution in [0.15, 0.2) is 35.4 Å². The van der Waals surface area contributed by atoms with Crippen molar-refractivity contribution in [2.75, 3.05) is 62.3 Å². The predicted octanol–water partition coefficient (Wildman–Crippen LogP) is 1.79. The molecular weight excluding hydrogens is 414 g/mol. The molecule has 0 amide bonds. The first-order chi connectivity index (χ1) is 13.9. The van der Waals surface area contributed by atoms with Crippen molar-refractivity contribution in [3.8, 4) is 0 Å². The molecule has 0 radical (unpaired) electrons. The van der Waals surface area contributed by atoms with Gasteiger partial charge in [0.05, 0.1) is 30.0 Å². The van der Waals surface area contributed by atoms with Crippen LogP contribution in [0, 0.1) is 6.92 Å². The smallest absolute Gasteiger partial charge is 0.243 e. The third-order valence-corrected chi connectivity index (χ3v) is 7.61. The van der Waals surface area contributed by atoms with E-state index in [1.54, 1.807) is 25.3 Å². The van der Waals surface area contributed by atoms with Gasteiger partial charge in [0.2, 0.25) is 10.0 Å². The molecule has 2 aliphatic rings. The number of aryl methyl sites for hydroxylation is 1.